The van der Waals surface area contributed by atoms with Crippen molar-refractivity contribution in [1.82, 2.24) is 0 Å². The second-order valence-electron chi connectivity index (χ2n) is 27.4. The lowest BCUT2D eigenvalue weighted by atomic mass is 9.95. The average molecular weight is 1520 g/mol. The lowest BCUT2D eigenvalue weighted by Gasteiger charge is -2.51. The number of esters is 1. The van der Waals surface area contributed by atoms with E-state index in [-0.39, 0.29) is 83.9 Å². The first-order valence-electron chi connectivity index (χ1n) is 38.0. The van der Waals surface area contributed by atoms with E-state index in [1.54, 1.807) is 0 Å². The third kappa shape index (κ3) is 24.1. The molecule has 581 valence electrons. The smallest absolute Gasteiger partial charge is 0.571 e. The predicted octanol–water partition coefficient (Wildman–Crippen LogP) is 14.4. The SMILES string of the molecule is CC[N+](CC)(CC)OP([O-])OC1O[C@H](COCc2ccccc2)[C@@H](OCc2ccccc2)[C@H](OCc2ccccc2)[C@@H]1O[C@@H]1O[C@H](COCc2ccccc2)[C@@H](OCc2ccccc2)[C@H](OCc2ccccc2)[C@@H]1O[C@@H]1O[C@H](COCc2ccccc2)[C@@H](OCc2ccccc2)[C@H](OCc2ccccc2)[C@@H]1OC(C)=[O+]. The highest BCUT2D eigenvalue weighted by Crippen LogP contribution is 2.44. The number of hydroxylamine groups is 3. The molecular weight excluding hydrogens is 1420 g/mol. The van der Waals surface area contributed by atoms with Crippen LogP contribution in [-0.2, 0) is 144 Å². The minimum Gasteiger partial charge on any atom is -0.781 e. The standard InChI is InChI=1S/C89H102NO19P/c1-5-90(6-2,7-3)109-110(92)108-89-86(83(101-61-74-51-33-16-34-52-74)80(98-58-71-45-27-13-28-46-71)77(105-89)64-95-55-68-39-21-10-22-40-68)107-88-85(82(100-60-73-49-31-15-32-50-73)79(97-57-70-43-25-12-26-44-70)76(104-88)63-94-54-67-37-19-9-20-38-67)106-87-84(102-65(4)91)81(99-59-72-47-29-14-30-48-72)78(96-56-69-41-23-11-24-42-69)75(103-87)62-93-53-66-35-17-8-18-36-66/h8-52,75-89H,5-7,53-64H2,1-4H3/q+1/t75-,76-,77-,78-,79-,80-,81+,82+,83+,84+,85+,86+,87+,88+,89?,110?/m1/s1. The summed E-state index contributed by atoms with van der Waals surface area (Å²) in [6.07, 6.45) is -18.7. The third-order valence-electron chi connectivity index (χ3n) is 19.7. The number of quaternary nitrogens is 1. The maximum Gasteiger partial charge on any atom is 0.571 e. The number of hydrogen-bond donors (Lipinski definition) is 0. The zero-order valence-electron chi connectivity index (χ0n) is 62.9. The van der Waals surface area contributed by atoms with Gasteiger partial charge in [0.2, 0.25) is 6.29 Å². The minimum atomic E-state index is -3.05. The van der Waals surface area contributed by atoms with Crippen LogP contribution in [-0.4, -0.2) is 142 Å². The van der Waals surface area contributed by atoms with Gasteiger partial charge in [-0.25, -0.2) is 0 Å². The van der Waals surface area contributed by atoms with Crippen molar-refractivity contribution in [1.29, 1.82) is 0 Å². The Bertz CT molecular complexity index is 4000. The lowest BCUT2D eigenvalue weighted by Crippen LogP contribution is -2.68. The molecule has 0 aliphatic carbocycles. The highest BCUT2D eigenvalue weighted by molar-refractivity contribution is 7.38. The van der Waals surface area contributed by atoms with Gasteiger partial charge in [0.1, 0.15) is 80.7 Å². The van der Waals surface area contributed by atoms with Crippen LogP contribution in [0.15, 0.2) is 273 Å². The van der Waals surface area contributed by atoms with E-state index in [0.29, 0.717) is 19.6 Å². The molecule has 0 spiro atoms. The Labute approximate surface area is 647 Å². The van der Waals surface area contributed by atoms with Crippen molar-refractivity contribution < 1.29 is 94.5 Å². The van der Waals surface area contributed by atoms with Crippen molar-refractivity contribution in [2.45, 2.75) is 179 Å². The van der Waals surface area contributed by atoms with Crippen molar-refractivity contribution in [3.63, 3.8) is 0 Å². The molecule has 3 saturated heterocycles. The van der Waals surface area contributed by atoms with Crippen LogP contribution < -0.4 is 4.89 Å². The van der Waals surface area contributed by atoms with Gasteiger partial charge in [-0.1, -0.05) is 273 Å². The van der Waals surface area contributed by atoms with Gasteiger partial charge in [-0.15, -0.1) is 0 Å². The summed E-state index contributed by atoms with van der Waals surface area (Å²) in [6.45, 7) is 9.41. The summed E-state index contributed by atoms with van der Waals surface area (Å²) in [5, 5.41) is 0. The molecule has 9 aromatic carbocycles. The van der Waals surface area contributed by atoms with E-state index in [1.165, 1.54) is 6.92 Å². The molecule has 110 heavy (non-hydrogen) atoms. The number of hydrogen-bond acceptors (Lipinski definition) is 19. The summed E-state index contributed by atoms with van der Waals surface area (Å²) in [6, 6.07) is 87.9. The number of carbonyl (C=O) groups excluding carboxylic acids is 1. The van der Waals surface area contributed by atoms with Gasteiger partial charge in [-0.3, -0.25) is 0 Å². The fourth-order valence-electron chi connectivity index (χ4n) is 13.7. The van der Waals surface area contributed by atoms with E-state index in [9.17, 15) is 4.79 Å². The molecular formula is C89H102NO19P+. The molecule has 21 heteroatoms. The second-order valence-corrected chi connectivity index (χ2v) is 28.2. The van der Waals surface area contributed by atoms with Crippen LogP contribution in [0.25, 0.3) is 0 Å². The zero-order chi connectivity index (χ0) is 76.0. The van der Waals surface area contributed by atoms with Crippen LogP contribution in [0.5, 0.6) is 0 Å². The normalized spacial score (nSPS) is 24.5. The van der Waals surface area contributed by atoms with E-state index >= 15 is 4.89 Å². The van der Waals surface area contributed by atoms with Gasteiger partial charge in [-0.2, -0.15) is 9.27 Å². The van der Waals surface area contributed by atoms with Crippen LogP contribution >= 0.6 is 8.60 Å². The second kappa shape index (κ2) is 43.3. The monoisotopic (exact) mass is 1520 g/mol. The quantitative estimate of drug-likeness (QED) is 0.0115. The van der Waals surface area contributed by atoms with Gasteiger partial charge < -0.3 is 80.5 Å². The summed E-state index contributed by atoms with van der Waals surface area (Å²) >= 11 is 0. The number of ether oxygens (including phenoxy) is 15. The van der Waals surface area contributed by atoms with E-state index in [4.69, 9.17) is 80.2 Å². The molecule has 3 aliphatic heterocycles. The van der Waals surface area contributed by atoms with E-state index in [1.807, 2.05) is 294 Å². The summed E-state index contributed by atoms with van der Waals surface area (Å²) in [7, 11) is -3.05. The number of carbonyl (C=O) groups is 1. The van der Waals surface area contributed by atoms with Crippen LogP contribution in [0.1, 0.15) is 77.8 Å². The van der Waals surface area contributed by atoms with Gasteiger partial charge in [-0.05, 0) is 70.8 Å². The molecule has 16 atom stereocenters. The summed E-state index contributed by atoms with van der Waals surface area (Å²) < 4.78 is 121. The molecule has 0 bridgehead atoms. The van der Waals surface area contributed by atoms with Crippen molar-refractivity contribution in [2.24, 2.45) is 0 Å². The van der Waals surface area contributed by atoms with Gasteiger partial charge in [0.25, 0.3) is 6.10 Å². The number of nitrogens with zero attached hydrogens (tertiary/aromatic N) is 1. The largest absolute Gasteiger partial charge is 0.781 e. The first-order chi connectivity index (χ1) is 54.1. The molecule has 3 aliphatic rings. The van der Waals surface area contributed by atoms with Crippen molar-refractivity contribution in [3.05, 3.63) is 323 Å². The third-order valence-corrected chi connectivity index (χ3v) is 20.6. The van der Waals surface area contributed by atoms with Crippen LogP contribution in [0.2, 0.25) is 0 Å². The Morgan fingerprint density at radius 3 is 0.809 bits per heavy atom. The fraction of sp³-hybridized carbons (Fsp3) is 0.382. The predicted molar refractivity (Wildman–Crippen MR) is 411 cm³/mol. The Kier molecular flexibility index (Phi) is 32.1. The first kappa shape index (κ1) is 81.6. The summed E-state index contributed by atoms with van der Waals surface area (Å²) in [5.74, 6) is -0.667. The molecule has 1 radical (unpaired) electrons. The molecule has 0 saturated carbocycles. The van der Waals surface area contributed by atoms with E-state index in [2.05, 4.69) is 0 Å². The van der Waals surface area contributed by atoms with Crippen LogP contribution in [0, 0.1) is 0 Å². The topological polar surface area (TPSA) is 200 Å². The van der Waals surface area contributed by atoms with Crippen molar-refractivity contribution >= 4 is 14.6 Å². The Morgan fingerprint density at radius 1 is 0.318 bits per heavy atom. The Balaban J connectivity index is 1.03. The maximum absolute atomic E-state index is 15.2. The van der Waals surface area contributed by atoms with E-state index < -0.39 is 107 Å². The van der Waals surface area contributed by atoms with Crippen LogP contribution in [0.3, 0.4) is 0 Å². The van der Waals surface area contributed by atoms with Gasteiger partial charge >= 0.3 is 5.97 Å². The molecule has 12 rings (SSSR count). The minimum absolute atomic E-state index is 0.0116. The fourth-order valence-corrected chi connectivity index (χ4v) is 14.7. The van der Waals surface area contributed by atoms with Crippen LogP contribution in [0.4, 0.5) is 0 Å². The van der Waals surface area contributed by atoms with Gasteiger partial charge in [0, 0.05) is 4.79 Å². The van der Waals surface area contributed by atoms with Gasteiger partial charge in [0.05, 0.1) is 86.2 Å². The summed E-state index contributed by atoms with van der Waals surface area (Å²) in [5.41, 5.74) is 7.81. The first-order valence-corrected chi connectivity index (χ1v) is 39.1. The molecule has 3 fully saturated rings. The van der Waals surface area contributed by atoms with Crippen molar-refractivity contribution in [3.8, 4) is 0 Å². The highest BCUT2D eigenvalue weighted by Gasteiger charge is 2.60. The molecule has 3 heterocycles. The zero-order valence-corrected chi connectivity index (χ0v) is 63.8. The van der Waals surface area contributed by atoms with Gasteiger partial charge in [0.15, 0.2) is 27.3 Å². The highest BCUT2D eigenvalue weighted by atomic mass is 31.2. The molecule has 0 N–H and O–H groups in total. The molecule has 2 unspecified atom stereocenters. The molecule has 9 aromatic rings. The average Bonchev–Trinajstić information content (AvgIpc) is 0.759. The molecule has 20 nitrogen and oxygen atoms in total. The Hall–Kier alpha value is -7.84. The summed E-state index contributed by atoms with van der Waals surface area (Å²) in [4.78, 5) is 29.4. The molecule has 0 aromatic heterocycles. The maximum atomic E-state index is 15.2. The van der Waals surface area contributed by atoms with E-state index in [0.717, 1.165) is 50.1 Å². The lowest BCUT2D eigenvalue weighted by molar-refractivity contribution is -1.08. The Morgan fingerprint density at radius 2 is 0.545 bits per heavy atom. The van der Waals surface area contributed by atoms with Crippen molar-refractivity contribution in [2.75, 3.05) is 39.5 Å². The number of rotatable bonds is 42. The molecule has 0 amide bonds. The number of benzene rings is 9.